The Bertz CT molecular complexity index is 1230. The first kappa shape index (κ1) is 20.0. The molecule has 0 saturated carbocycles. The number of cyclic esters (lactones) is 1. The zero-order valence-corrected chi connectivity index (χ0v) is 18.4. The molecule has 1 unspecified atom stereocenters. The van der Waals surface area contributed by atoms with Crippen molar-refractivity contribution < 1.29 is 13.9 Å². The maximum atomic E-state index is 14.4. The third-order valence-corrected chi connectivity index (χ3v) is 7.32. The molecule has 2 aromatic rings. The van der Waals surface area contributed by atoms with Crippen molar-refractivity contribution in [2.24, 2.45) is 0 Å². The first-order valence-electron chi connectivity index (χ1n) is 11.0. The molecule has 2 atom stereocenters. The first-order chi connectivity index (χ1) is 14.8. The number of fused-ring (bicyclic) bond motifs is 5. The Balaban J connectivity index is 1.74. The molecule has 0 amide bonds. The molecule has 6 heteroatoms. The van der Waals surface area contributed by atoms with Gasteiger partial charge < -0.3 is 14.6 Å². The van der Waals surface area contributed by atoms with Crippen molar-refractivity contribution in [2.75, 3.05) is 5.32 Å². The minimum atomic E-state index is -0.836. The van der Waals surface area contributed by atoms with Gasteiger partial charge in [0.25, 0.3) is 5.56 Å². The molecule has 3 aliphatic heterocycles. The summed E-state index contributed by atoms with van der Waals surface area (Å²) in [5.41, 5.74) is 6.00. The molecule has 31 heavy (non-hydrogen) atoms. The molecule has 0 bridgehead atoms. The number of nitrogens with one attached hydrogen (secondary N) is 1. The van der Waals surface area contributed by atoms with Crippen LogP contribution in [0.3, 0.4) is 0 Å². The molecule has 1 aromatic carbocycles. The summed E-state index contributed by atoms with van der Waals surface area (Å²) >= 11 is 0. The summed E-state index contributed by atoms with van der Waals surface area (Å²) in [4.78, 5) is 26.0. The fourth-order valence-corrected chi connectivity index (χ4v) is 5.28. The van der Waals surface area contributed by atoms with Crippen molar-refractivity contribution in [3.63, 3.8) is 0 Å². The maximum absolute atomic E-state index is 14.4. The Morgan fingerprint density at radius 3 is 2.74 bits per heavy atom. The van der Waals surface area contributed by atoms with Crippen LogP contribution >= 0.6 is 0 Å². The van der Waals surface area contributed by atoms with Gasteiger partial charge in [0.2, 0.25) is 0 Å². The monoisotopic (exact) mass is 422 g/mol. The molecule has 0 aliphatic carbocycles. The summed E-state index contributed by atoms with van der Waals surface area (Å²) in [7, 11) is 0. The van der Waals surface area contributed by atoms with Gasteiger partial charge in [-0.05, 0) is 67.2 Å². The van der Waals surface area contributed by atoms with E-state index < -0.39 is 5.41 Å². The van der Waals surface area contributed by atoms with Crippen molar-refractivity contribution in [3.8, 4) is 0 Å². The van der Waals surface area contributed by atoms with Gasteiger partial charge in [-0.25, -0.2) is 4.39 Å². The number of rotatable bonds is 3. The lowest BCUT2D eigenvalue weighted by atomic mass is 9.76. The highest BCUT2D eigenvalue weighted by Crippen LogP contribution is 2.47. The SMILES string of the molecule is CCCC1=C2Cn3c(cc4c(c3=O)COC(=O)[C@]4(C)CC)C2Nc2cc(F)c(C)cc21. The van der Waals surface area contributed by atoms with Crippen molar-refractivity contribution in [1.82, 2.24) is 4.57 Å². The van der Waals surface area contributed by atoms with Crippen molar-refractivity contribution in [3.05, 3.63) is 67.9 Å². The molecular weight excluding hydrogens is 395 g/mol. The van der Waals surface area contributed by atoms with Crippen molar-refractivity contribution >= 4 is 17.2 Å². The lowest BCUT2D eigenvalue weighted by molar-refractivity contribution is -0.153. The number of pyridine rings is 1. The standard InChI is InChI=1S/C25H27FN2O3/c1-5-7-14-15-8-13(3)19(26)10-20(15)27-22-16(14)11-28-21(22)9-18-17(23(28)29)12-31-24(30)25(18,4)6-2/h8-10,22,27H,5-7,11-12H2,1-4H3/t22?,25-/m1/s1. The molecule has 0 radical (unpaired) electrons. The van der Waals surface area contributed by atoms with Crippen LogP contribution in [0.25, 0.3) is 5.57 Å². The van der Waals surface area contributed by atoms with Gasteiger partial charge in [-0.15, -0.1) is 0 Å². The van der Waals surface area contributed by atoms with Gasteiger partial charge in [-0.1, -0.05) is 20.3 Å². The predicted octanol–water partition coefficient (Wildman–Crippen LogP) is 4.75. The van der Waals surface area contributed by atoms with Crippen LogP contribution in [0.5, 0.6) is 0 Å². The van der Waals surface area contributed by atoms with E-state index >= 15 is 0 Å². The number of esters is 1. The van der Waals surface area contributed by atoms with Gasteiger partial charge in [0, 0.05) is 23.5 Å². The summed E-state index contributed by atoms with van der Waals surface area (Å²) in [6, 6.07) is 5.27. The largest absolute Gasteiger partial charge is 0.460 e. The van der Waals surface area contributed by atoms with Crippen LogP contribution in [0.1, 0.15) is 74.0 Å². The second kappa shape index (κ2) is 6.81. The van der Waals surface area contributed by atoms with Crippen molar-refractivity contribution in [1.29, 1.82) is 0 Å². The number of hydrogen-bond acceptors (Lipinski definition) is 4. The number of nitrogens with zero attached hydrogens (tertiary/aromatic N) is 1. The number of allylic oxidation sites excluding steroid dienone is 1. The average Bonchev–Trinajstić information content (AvgIpc) is 3.11. The van der Waals surface area contributed by atoms with Crippen LogP contribution in [0.15, 0.2) is 28.6 Å². The van der Waals surface area contributed by atoms with E-state index in [4.69, 9.17) is 4.74 Å². The van der Waals surface area contributed by atoms with Gasteiger partial charge in [0.05, 0.1) is 17.0 Å². The number of aryl methyl sites for hydroxylation is 1. The van der Waals surface area contributed by atoms with E-state index in [-0.39, 0.29) is 30.0 Å². The van der Waals surface area contributed by atoms with Crippen LogP contribution in [0.2, 0.25) is 0 Å². The van der Waals surface area contributed by atoms with Crippen LogP contribution in [0, 0.1) is 12.7 Å². The number of carbonyl (C=O) groups is 1. The Kier molecular flexibility index (Phi) is 4.40. The summed E-state index contributed by atoms with van der Waals surface area (Å²) in [5.74, 6) is -0.528. The summed E-state index contributed by atoms with van der Waals surface area (Å²) in [5, 5.41) is 3.49. The molecular formula is C25H27FN2O3. The topological polar surface area (TPSA) is 60.3 Å². The molecule has 0 spiro atoms. The second-order valence-corrected chi connectivity index (χ2v) is 9.09. The van der Waals surface area contributed by atoms with E-state index in [0.717, 1.165) is 40.9 Å². The zero-order valence-electron chi connectivity index (χ0n) is 18.4. The highest BCUT2D eigenvalue weighted by molar-refractivity contribution is 5.86. The lowest BCUT2D eigenvalue weighted by Crippen LogP contribution is -2.42. The van der Waals surface area contributed by atoms with Crippen LogP contribution < -0.4 is 10.9 Å². The normalized spacial score (nSPS) is 23.5. The van der Waals surface area contributed by atoms with E-state index in [1.54, 1.807) is 17.6 Å². The number of anilines is 1. The fraction of sp³-hybridized carbons (Fsp3) is 0.440. The molecule has 3 aliphatic rings. The van der Waals surface area contributed by atoms with Gasteiger partial charge in [-0.3, -0.25) is 9.59 Å². The first-order valence-corrected chi connectivity index (χ1v) is 11.0. The second-order valence-electron chi connectivity index (χ2n) is 9.09. The summed E-state index contributed by atoms with van der Waals surface area (Å²) < 4.78 is 21.6. The minimum absolute atomic E-state index is 0.0203. The molecule has 1 aromatic heterocycles. The molecule has 4 heterocycles. The maximum Gasteiger partial charge on any atom is 0.316 e. The van der Waals surface area contributed by atoms with Gasteiger partial charge >= 0.3 is 5.97 Å². The number of hydrogen-bond donors (Lipinski definition) is 1. The van der Waals surface area contributed by atoms with Crippen LogP contribution in [-0.2, 0) is 28.1 Å². The van der Waals surface area contributed by atoms with E-state index in [1.807, 2.05) is 26.0 Å². The zero-order chi connectivity index (χ0) is 22.1. The highest BCUT2D eigenvalue weighted by Gasteiger charge is 2.44. The van der Waals surface area contributed by atoms with E-state index in [9.17, 15) is 14.0 Å². The minimum Gasteiger partial charge on any atom is -0.460 e. The Morgan fingerprint density at radius 1 is 1.26 bits per heavy atom. The Hall–Kier alpha value is -2.89. The number of ether oxygens (including phenoxy) is 1. The molecule has 162 valence electrons. The van der Waals surface area contributed by atoms with Gasteiger partial charge in [-0.2, -0.15) is 0 Å². The van der Waals surface area contributed by atoms with Crippen LogP contribution in [-0.4, -0.2) is 10.5 Å². The quantitative estimate of drug-likeness (QED) is 0.725. The number of aromatic nitrogens is 1. The number of carbonyl (C=O) groups excluding carboxylic acids is 1. The summed E-state index contributed by atoms with van der Waals surface area (Å²) in [6.07, 6.45) is 2.37. The number of halogens is 1. The lowest BCUT2D eigenvalue weighted by Gasteiger charge is -2.34. The molecule has 0 saturated heterocycles. The van der Waals surface area contributed by atoms with E-state index in [1.165, 1.54) is 5.57 Å². The third kappa shape index (κ3) is 2.66. The van der Waals surface area contributed by atoms with Gasteiger partial charge in [0.15, 0.2) is 0 Å². The average molecular weight is 423 g/mol. The van der Waals surface area contributed by atoms with Gasteiger partial charge in [0.1, 0.15) is 12.4 Å². The fourth-order valence-electron chi connectivity index (χ4n) is 5.28. The Morgan fingerprint density at radius 2 is 2.03 bits per heavy atom. The summed E-state index contributed by atoms with van der Waals surface area (Å²) in [6.45, 7) is 8.21. The molecule has 0 fully saturated rings. The molecule has 5 rings (SSSR count). The third-order valence-electron chi connectivity index (χ3n) is 7.32. The molecule has 5 nitrogen and oxygen atoms in total. The van der Waals surface area contributed by atoms with Crippen molar-refractivity contribution in [2.45, 2.75) is 71.6 Å². The molecule has 1 N–H and O–H groups in total. The highest BCUT2D eigenvalue weighted by atomic mass is 19.1. The van der Waals surface area contributed by atoms with Crippen LogP contribution in [0.4, 0.5) is 10.1 Å². The predicted molar refractivity (Wildman–Crippen MR) is 117 cm³/mol. The Labute approximate surface area is 180 Å². The van der Waals surface area contributed by atoms with E-state index in [2.05, 4.69) is 12.2 Å². The smallest absolute Gasteiger partial charge is 0.316 e. The van der Waals surface area contributed by atoms with E-state index in [0.29, 0.717) is 24.1 Å². The number of benzene rings is 1.